The minimum atomic E-state index is -0.219. The molecule has 26 heavy (non-hydrogen) atoms. The number of aromatic nitrogens is 2. The third kappa shape index (κ3) is 4.30. The van der Waals surface area contributed by atoms with Crippen LogP contribution in [-0.4, -0.2) is 33.7 Å². The molecule has 1 N–H and O–H groups in total. The van der Waals surface area contributed by atoms with E-state index in [1.165, 1.54) is 0 Å². The van der Waals surface area contributed by atoms with E-state index in [2.05, 4.69) is 15.3 Å². The van der Waals surface area contributed by atoms with Crippen LogP contribution in [0.15, 0.2) is 73.2 Å². The van der Waals surface area contributed by atoms with Crippen molar-refractivity contribution in [2.45, 2.75) is 6.54 Å². The van der Waals surface area contributed by atoms with Crippen LogP contribution >= 0.6 is 0 Å². The summed E-state index contributed by atoms with van der Waals surface area (Å²) in [5.41, 5.74) is 2.43. The lowest BCUT2D eigenvalue weighted by molar-refractivity contribution is 0.0782. The Hall–Kier alpha value is -3.54. The Morgan fingerprint density at radius 2 is 1.65 bits per heavy atom. The fourth-order valence-electron chi connectivity index (χ4n) is 2.44. The van der Waals surface area contributed by atoms with E-state index in [1.54, 1.807) is 54.8 Å². The molecule has 0 spiro atoms. The lowest BCUT2D eigenvalue weighted by Crippen LogP contribution is -2.26. The monoisotopic (exact) mass is 346 g/mol. The molecule has 130 valence electrons. The number of amides is 2. The third-order valence-electron chi connectivity index (χ3n) is 3.79. The van der Waals surface area contributed by atoms with Gasteiger partial charge in [-0.3, -0.25) is 19.6 Å². The summed E-state index contributed by atoms with van der Waals surface area (Å²) in [7, 11) is 1.70. The Morgan fingerprint density at radius 3 is 2.31 bits per heavy atom. The minimum Gasteiger partial charge on any atom is -0.336 e. The summed E-state index contributed by atoms with van der Waals surface area (Å²) in [5, 5.41) is 2.81. The molecule has 6 nitrogen and oxygen atoms in total. The van der Waals surface area contributed by atoms with Gasteiger partial charge in [0.15, 0.2) is 0 Å². The topological polar surface area (TPSA) is 75.2 Å². The molecule has 0 aliphatic carbocycles. The summed E-state index contributed by atoms with van der Waals surface area (Å²) in [6, 6.07) is 15.8. The molecular formula is C20H18N4O2. The SMILES string of the molecule is CN(Cc1cnccn1)C(=O)c1ccc(C(=O)Nc2ccccc2)cc1. The van der Waals surface area contributed by atoms with Crippen LogP contribution in [-0.2, 0) is 6.54 Å². The van der Waals surface area contributed by atoms with Crippen molar-refractivity contribution in [1.29, 1.82) is 0 Å². The van der Waals surface area contributed by atoms with Crippen LogP contribution in [0, 0.1) is 0 Å². The van der Waals surface area contributed by atoms with Gasteiger partial charge in [0.25, 0.3) is 11.8 Å². The molecular weight excluding hydrogens is 328 g/mol. The van der Waals surface area contributed by atoms with Crippen molar-refractivity contribution < 1.29 is 9.59 Å². The smallest absolute Gasteiger partial charge is 0.255 e. The van der Waals surface area contributed by atoms with Gasteiger partial charge in [-0.2, -0.15) is 0 Å². The highest BCUT2D eigenvalue weighted by atomic mass is 16.2. The van der Waals surface area contributed by atoms with Crippen molar-refractivity contribution in [3.8, 4) is 0 Å². The van der Waals surface area contributed by atoms with Gasteiger partial charge >= 0.3 is 0 Å². The molecule has 3 rings (SSSR count). The van der Waals surface area contributed by atoms with Crippen LogP contribution in [0.4, 0.5) is 5.69 Å². The summed E-state index contributed by atoms with van der Waals surface area (Å²) in [4.78, 5) is 34.5. The number of nitrogens with zero attached hydrogens (tertiary/aromatic N) is 3. The largest absolute Gasteiger partial charge is 0.336 e. The van der Waals surface area contributed by atoms with Gasteiger partial charge in [-0.15, -0.1) is 0 Å². The van der Waals surface area contributed by atoms with Crippen LogP contribution in [0.5, 0.6) is 0 Å². The van der Waals surface area contributed by atoms with Gasteiger partial charge in [-0.05, 0) is 36.4 Å². The van der Waals surface area contributed by atoms with Crippen LogP contribution in [0.3, 0.4) is 0 Å². The first kappa shape index (κ1) is 17.3. The average molecular weight is 346 g/mol. The number of hydrogen-bond donors (Lipinski definition) is 1. The summed E-state index contributed by atoms with van der Waals surface area (Å²) >= 11 is 0. The Bertz CT molecular complexity index is 881. The maximum Gasteiger partial charge on any atom is 0.255 e. The van der Waals surface area contributed by atoms with Crippen molar-refractivity contribution in [3.05, 3.63) is 90.0 Å². The van der Waals surface area contributed by atoms with Gasteiger partial charge in [0.2, 0.25) is 0 Å². The van der Waals surface area contributed by atoms with E-state index in [1.807, 2.05) is 30.3 Å². The number of para-hydroxylation sites is 1. The lowest BCUT2D eigenvalue weighted by atomic mass is 10.1. The van der Waals surface area contributed by atoms with Gasteiger partial charge in [-0.1, -0.05) is 18.2 Å². The van der Waals surface area contributed by atoms with Crippen molar-refractivity contribution in [1.82, 2.24) is 14.9 Å². The molecule has 1 heterocycles. The van der Waals surface area contributed by atoms with Crippen LogP contribution in [0.1, 0.15) is 26.4 Å². The molecule has 2 aromatic carbocycles. The predicted molar refractivity (Wildman–Crippen MR) is 98.7 cm³/mol. The summed E-state index contributed by atoms with van der Waals surface area (Å²) < 4.78 is 0. The third-order valence-corrected chi connectivity index (χ3v) is 3.79. The van der Waals surface area contributed by atoms with Gasteiger partial charge in [-0.25, -0.2) is 0 Å². The Balaban J connectivity index is 1.65. The van der Waals surface area contributed by atoms with Crippen molar-refractivity contribution >= 4 is 17.5 Å². The normalized spacial score (nSPS) is 10.2. The maximum absolute atomic E-state index is 12.5. The number of benzene rings is 2. The molecule has 0 saturated heterocycles. The Morgan fingerprint density at radius 1 is 0.962 bits per heavy atom. The molecule has 0 bridgehead atoms. The molecule has 0 fully saturated rings. The first-order chi connectivity index (χ1) is 12.6. The quantitative estimate of drug-likeness (QED) is 0.770. The van der Waals surface area contributed by atoms with Crippen LogP contribution in [0.25, 0.3) is 0 Å². The summed E-state index contributed by atoms with van der Waals surface area (Å²) in [6.45, 7) is 0.364. The van der Waals surface area contributed by atoms with Crippen molar-refractivity contribution in [2.75, 3.05) is 12.4 Å². The van der Waals surface area contributed by atoms with E-state index in [4.69, 9.17) is 0 Å². The fourth-order valence-corrected chi connectivity index (χ4v) is 2.44. The second-order valence-electron chi connectivity index (χ2n) is 5.76. The predicted octanol–water partition coefficient (Wildman–Crippen LogP) is 3.00. The summed E-state index contributed by atoms with van der Waals surface area (Å²) in [6.07, 6.45) is 4.80. The fraction of sp³-hybridized carbons (Fsp3) is 0.100. The van der Waals surface area contributed by atoms with Crippen LogP contribution < -0.4 is 5.32 Å². The van der Waals surface area contributed by atoms with Gasteiger partial charge in [0.1, 0.15) is 0 Å². The molecule has 2 amide bonds. The van der Waals surface area contributed by atoms with Gasteiger partial charge < -0.3 is 10.2 Å². The minimum absolute atomic E-state index is 0.148. The maximum atomic E-state index is 12.5. The first-order valence-electron chi connectivity index (χ1n) is 8.10. The van der Waals surface area contributed by atoms with Gasteiger partial charge in [0.05, 0.1) is 18.4 Å². The van der Waals surface area contributed by atoms with Crippen molar-refractivity contribution in [2.24, 2.45) is 0 Å². The van der Waals surface area contributed by atoms with E-state index < -0.39 is 0 Å². The highest BCUT2D eigenvalue weighted by Gasteiger charge is 2.14. The zero-order chi connectivity index (χ0) is 18.4. The number of carbonyl (C=O) groups excluding carboxylic acids is 2. The zero-order valence-electron chi connectivity index (χ0n) is 14.3. The van der Waals surface area contributed by atoms with E-state index in [0.29, 0.717) is 23.4 Å². The Labute approximate surface area is 151 Å². The van der Waals surface area contributed by atoms with Crippen molar-refractivity contribution in [3.63, 3.8) is 0 Å². The van der Waals surface area contributed by atoms with E-state index >= 15 is 0 Å². The second kappa shape index (κ2) is 8.02. The number of hydrogen-bond acceptors (Lipinski definition) is 4. The molecule has 1 aromatic heterocycles. The summed E-state index contributed by atoms with van der Waals surface area (Å²) in [5.74, 6) is -0.367. The van der Waals surface area contributed by atoms with Gasteiger partial charge in [0, 0.05) is 36.3 Å². The molecule has 3 aromatic rings. The van der Waals surface area contributed by atoms with E-state index in [9.17, 15) is 9.59 Å². The first-order valence-corrected chi connectivity index (χ1v) is 8.10. The molecule has 0 saturated carbocycles. The molecule has 6 heteroatoms. The molecule has 0 radical (unpaired) electrons. The second-order valence-corrected chi connectivity index (χ2v) is 5.76. The molecule has 0 aliphatic heterocycles. The van der Waals surface area contributed by atoms with Crippen LogP contribution in [0.2, 0.25) is 0 Å². The molecule has 0 atom stereocenters. The molecule has 0 aliphatic rings. The average Bonchev–Trinajstić information content (AvgIpc) is 2.69. The molecule has 0 unspecified atom stereocenters. The number of rotatable bonds is 5. The van der Waals surface area contributed by atoms with E-state index in [-0.39, 0.29) is 11.8 Å². The van der Waals surface area contributed by atoms with E-state index in [0.717, 1.165) is 5.69 Å². The number of carbonyl (C=O) groups is 2. The Kier molecular flexibility index (Phi) is 5.34. The highest BCUT2D eigenvalue weighted by molar-refractivity contribution is 6.05. The standard InChI is InChI=1S/C20H18N4O2/c1-24(14-18-13-21-11-12-22-18)20(26)16-9-7-15(8-10-16)19(25)23-17-5-3-2-4-6-17/h2-13H,14H2,1H3,(H,23,25). The number of anilines is 1. The zero-order valence-corrected chi connectivity index (χ0v) is 14.3. The number of nitrogens with one attached hydrogen (secondary N) is 1. The lowest BCUT2D eigenvalue weighted by Gasteiger charge is -2.16. The highest BCUT2D eigenvalue weighted by Crippen LogP contribution is 2.12.